The van der Waals surface area contributed by atoms with Crippen LogP contribution in [0.5, 0.6) is 0 Å². The highest BCUT2D eigenvalue weighted by Crippen LogP contribution is 2.37. The molecule has 5 rings (SSSR count). The van der Waals surface area contributed by atoms with Gasteiger partial charge in [-0.05, 0) is 56.7 Å². The first-order valence-corrected chi connectivity index (χ1v) is 10.4. The molecule has 0 amide bonds. The molecule has 2 aliphatic carbocycles. The van der Waals surface area contributed by atoms with Crippen LogP contribution in [0.25, 0.3) is 0 Å². The fraction of sp³-hybridized carbons (Fsp3) is 0.476. The predicted octanol–water partition coefficient (Wildman–Crippen LogP) is 4.59. The van der Waals surface area contributed by atoms with Crippen LogP contribution in [0.1, 0.15) is 50.1 Å². The third kappa shape index (κ3) is 3.34. The zero-order valence-electron chi connectivity index (χ0n) is 15.6. The molecule has 28 heavy (non-hydrogen) atoms. The van der Waals surface area contributed by atoms with Crippen LogP contribution in [0.3, 0.4) is 0 Å². The summed E-state index contributed by atoms with van der Waals surface area (Å²) < 4.78 is 13.4. The summed E-state index contributed by atoms with van der Waals surface area (Å²) in [4.78, 5) is 11.0. The molecule has 7 heteroatoms. The molecule has 0 saturated heterocycles. The maximum absolute atomic E-state index is 13.4. The van der Waals surface area contributed by atoms with Crippen LogP contribution in [-0.2, 0) is 0 Å². The summed E-state index contributed by atoms with van der Waals surface area (Å²) in [7, 11) is 0. The Labute approximate surface area is 169 Å². The van der Waals surface area contributed by atoms with Gasteiger partial charge in [0.2, 0.25) is 5.95 Å². The summed E-state index contributed by atoms with van der Waals surface area (Å²) in [5.41, 5.74) is 1.95. The number of nitrogens with zero attached hydrogens (tertiary/aromatic N) is 5. The number of hydrogen-bond acceptors (Lipinski definition) is 5. The van der Waals surface area contributed by atoms with Crippen LogP contribution in [-0.4, -0.2) is 39.5 Å². The SMILES string of the molecule is Fc1cccc(C2CCC(N3N=CN4CC5CCC(Cl)=CC5=NC=C43)CC2)n1. The van der Waals surface area contributed by atoms with Gasteiger partial charge >= 0.3 is 0 Å². The second kappa shape index (κ2) is 7.32. The van der Waals surface area contributed by atoms with E-state index >= 15 is 0 Å². The van der Waals surface area contributed by atoms with E-state index in [0.717, 1.165) is 67.3 Å². The normalized spacial score (nSPS) is 29.5. The van der Waals surface area contributed by atoms with Gasteiger partial charge in [0, 0.05) is 34.8 Å². The molecule has 3 heterocycles. The second-order valence-electron chi connectivity index (χ2n) is 7.99. The van der Waals surface area contributed by atoms with E-state index in [-0.39, 0.29) is 0 Å². The summed E-state index contributed by atoms with van der Waals surface area (Å²) in [6.07, 6.45) is 11.9. The number of fused-ring (bicyclic) bond motifs is 2. The molecule has 1 fully saturated rings. The lowest BCUT2D eigenvalue weighted by Gasteiger charge is -2.34. The van der Waals surface area contributed by atoms with Crippen molar-refractivity contribution in [3.63, 3.8) is 0 Å². The lowest BCUT2D eigenvalue weighted by molar-refractivity contribution is 0.180. The van der Waals surface area contributed by atoms with Gasteiger partial charge in [0.25, 0.3) is 0 Å². The van der Waals surface area contributed by atoms with Crippen LogP contribution in [0.4, 0.5) is 4.39 Å². The van der Waals surface area contributed by atoms with Gasteiger partial charge in [0.15, 0.2) is 0 Å². The molecule has 1 unspecified atom stereocenters. The fourth-order valence-electron chi connectivity index (χ4n) is 4.70. The van der Waals surface area contributed by atoms with Crippen molar-refractivity contribution in [2.45, 2.75) is 50.5 Å². The predicted molar refractivity (Wildman–Crippen MR) is 108 cm³/mol. The summed E-state index contributed by atoms with van der Waals surface area (Å²) in [6.45, 7) is 0.897. The Balaban J connectivity index is 1.29. The van der Waals surface area contributed by atoms with E-state index in [9.17, 15) is 4.39 Å². The van der Waals surface area contributed by atoms with Crippen LogP contribution in [0, 0.1) is 11.9 Å². The number of rotatable bonds is 2. The highest BCUT2D eigenvalue weighted by atomic mass is 35.5. The van der Waals surface area contributed by atoms with Crippen LogP contribution < -0.4 is 0 Å². The van der Waals surface area contributed by atoms with Crippen LogP contribution in [0.2, 0.25) is 0 Å². The van der Waals surface area contributed by atoms with Crippen molar-refractivity contribution in [3.05, 3.63) is 53.0 Å². The molecule has 0 spiro atoms. The van der Waals surface area contributed by atoms with Gasteiger partial charge in [-0.2, -0.15) is 9.49 Å². The quantitative estimate of drug-likeness (QED) is 0.683. The van der Waals surface area contributed by atoms with E-state index in [2.05, 4.69) is 20.0 Å². The third-order valence-electron chi connectivity index (χ3n) is 6.24. The lowest BCUT2D eigenvalue weighted by Crippen LogP contribution is -2.36. The minimum Gasteiger partial charge on any atom is -0.314 e. The minimum atomic E-state index is -0.391. The molecule has 0 aromatic carbocycles. The number of hydrazone groups is 1. The van der Waals surface area contributed by atoms with Crippen LogP contribution in [0.15, 0.2) is 51.4 Å². The van der Waals surface area contributed by atoms with Gasteiger partial charge in [0.05, 0.1) is 12.2 Å². The summed E-state index contributed by atoms with van der Waals surface area (Å²) in [5, 5.41) is 7.71. The van der Waals surface area contributed by atoms with E-state index in [4.69, 9.17) is 16.6 Å². The molecule has 5 nitrogen and oxygen atoms in total. The van der Waals surface area contributed by atoms with E-state index in [0.29, 0.717) is 17.9 Å². The Morgan fingerprint density at radius 3 is 2.75 bits per heavy atom. The first-order valence-electron chi connectivity index (χ1n) is 10.0. The maximum Gasteiger partial charge on any atom is 0.213 e. The molecule has 2 aliphatic heterocycles. The third-order valence-corrected chi connectivity index (χ3v) is 6.54. The Kier molecular flexibility index (Phi) is 4.67. The smallest absolute Gasteiger partial charge is 0.213 e. The largest absolute Gasteiger partial charge is 0.314 e. The van der Waals surface area contributed by atoms with E-state index in [1.165, 1.54) is 6.07 Å². The number of aliphatic imine (C=N–C) groups is 1. The Hall–Kier alpha value is -2.21. The molecule has 1 aromatic rings. The van der Waals surface area contributed by atoms with Gasteiger partial charge in [-0.25, -0.2) is 9.99 Å². The average molecular weight is 400 g/mol. The maximum atomic E-state index is 13.4. The van der Waals surface area contributed by atoms with Gasteiger partial charge in [0.1, 0.15) is 12.2 Å². The van der Waals surface area contributed by atoms with Crippen molar-refractivity contribution >= 4 is 23.7 Å². The number of pyridine rings is 1. The molecular formula is C21H23ClFN5. The average Bonchev–Trinajstić information content (AvgIpc) is 3.02. The highest BCUT2D eigenvalue weighted by molar-refractivity contribution is 6.31. The number of hydrogen-bond donors (Lipinski definition) is 0. The van der Waals surface area contributed by atoms with Crippen molar-refractivity contribution < 1.29 is 4.39 Å². The number of aromatic nitrogens is 1. The van der Waals surface area contributed by atoms with Crippen molar-refractivity contribution in [2.75, 3.05) is 6.54 Å². The van der Waals surface area contributed by atoms with E-state index in [1.54, 1.807) is 6.07 Å². The summed E-state index contributed by atoms with van der Waals surface area (Å²) >= 11 is 6.22. The molecule has 1 atom stereocenters. The van der Waals surface area contributed by atoms with Crippen molar-refractivity contribution in [3.8, 4) is 0 Å². The van der Waals surface area contributed by atoms with Crippen molar-refractivity contribution in [1.82, 2.24) is 14.9 Å². The van der Waals surface area contributed by atoms with Crippen molar-refractivity contribution in [2.24, 2.45) is 16.0 Å². The van der Waals surface area contributed by atoms with Crippen LogP contribution >= 0.6 is 11.6 Å². The topological polar surface area (TPSA) is 44.1 Å². The molecule has 1 aromatic heterocycles. The minimum absolute atomic E-state index is 0.327. The van der Waals surface area contributed by atoms with Gasteiger partial charge < -0.3 is 4.90 Å². The zero-order chi connectivity index (χ0) is 19.1. The molecule has 0 bridgehead atoms. The zero-order valence-corrected chi connectivity index (χ0v) is 16.4. The van der Waals surface area contributed by atoms with E-state index < -0.39 is 5.95 Å². The fourth-order valence-corrected chi connectivity index (χ4v) is 4.92. The van der Waals surface area contributed by atoms with Gasteiger partial charge in [-0.1, -0.05) is 17.7 Å². The highest BCUT2D eigenvalue weighted by Gasteiger charge is 2.35. The molecule has 0 N–H and O–H groups in total. The van der Waals surface area contributed by atoms with Crippen molar-refractivity contribution in [1.29, 1.82) is 0 Å². The molecule has 0 radical (unpaired) electrons. The molecular weight excluding hydrogens is 377 g/mol. The summed E-state index contributed by atoms with van der Waals surface area (Å²) in [5.74, 6) is 1.39. The Morgan fingerprint density at radius 1 is 1.07 bits per heavy atom. The first-order chi connectivity index (χ1) is 13.7. The summed E-state index contributed by atoms with van der Waals surface area (Å²) in [6, 6.07) is 5.44. The first kappa shape index (κ1) is 17.9. The molecule has 4 aliphatic rings. The Morgan fingerprint density at radius 2 is 1.93 bits per heavy atom. The second-order valence-corrected chi connectivity index (χ2v) is 8.47. The Bertz CT molecular complexity index is 885. The van der Waals surface area contributed by atoms with Gasteiger partial charge in [-0.3, -0.25) is 4.99 Å². The van der Waals surface area contributed by atoms with Gasteiger partial charge in [-0.15, -0.1) is 0 Å². The lowest BCUT2D eigenvalue weighted by atomic mass is 9.83. The molecule has 1 saturated carbocycles. The standard InChI is InChI=1S/C21H23ClFN5/c22-16-7-4-15-12-27-13-25-28(21(27)11-24-19(15)10-16)17-8-5-14(6-9-17)18-2-1-3-20(23)26-18/h1-3,10-11,13-15,17H,4-9,12H2. The monoisotopic (exact) mass is 399 g/mol. The molecule has 146 valence electrons. The number of allylic oxidation sites excluding steroid dienone is 2. The number of halogens is 2. The van der Waals surface area contributed by atoms with E-state index in [1.807, 2.05) is 24.7 Å².